The Morgan fingerprint density at radius 1 is 1.38 bits per heavy atom. The van der Waals surface area contributed by atoms with Gasteiger partial charge in [0.2, 0.25) is 5.91 Å². The van der Waals surface area contributed by atoms with Crippen molar-refractivity contribution in [1.29, 1.82) is 0 Å². The minimum Gasteiger partial charge on any atom is -0.496 e. The Hall–Kier alpha value is -1.55. The summed E-state index contributed by atoms with van der Waals surface area (Å²) in [5.74, 6) is 5.52. The van der Waals surface area contributed by atoms with Crippen molar-refractivity contribution in [3.63, 3.8) is 0 Å². The monoisotopic (exact) mass is 222 g/mol. The van der Waals surface area contributed by atoms with Crippen molar-refractivity contribution in [1.82, 2.24) is 5.43 Å². The number of amides is 1. The molecule has 0 radical (unpaired) electrons. The normalized spacial score (nSPS) is 12.1. The second-order valence-electron chi connectivity index (χ2n) is 3.91. The van der Waals surface area contributed by atoms with Crippen LogP contribution in [-0.2, 0) is 4.79 Å². The number of hydrogen-bond donors (Lipinski definition) is 2. The van der Waals surface area contributed by atoms with Gasteiger partial charge in [-0.2, -0.15) is 0 Å². The first kappa shape index (κ1) is 12.5. The maximum absolute atomic E-state index is 11.5. The molecule has 0 heterocycles. The van der Waals surface area contributed by atoms with E-state index in [0.29, 0.717) is 0 Å². The van der Waals surface area contributed by atoms with Gasteiger partial charge in [-0.3, -0.25) is 10.2 Å². The van der Waals surface area contributed by atoms with Crippen LogP contribution >= 0.6 is 0 Å². The highest BCUT2D eigenvalue weighted by molar-refractivity contribution is 5.83. The molecule has 0 aliphatic carbocycles. The van der Waals surface area contributed by atoms with E-state index in [9.17, 15) is 4.79 Å². The molecule has 0 saturated carbocycles. The number of nitrogens with one attached hydrogen (secondary N) is 1. The molecule has 0 aliphatic heterocycles. The van der Waals surface area contributed by atoms with Crippen LogP contribution in [0.3, 0.4) is 0 Å². The van der Waals surface area contributed by atoms with E-state index in [-0.39, 0.29) is 11.8 Å². The lowest BCUT2D eigenvalue weighted by molar-refractivity contribution is -0.122. The fourth-order valence-electron chi connectivity index (χ4n) is 1.76. The molecule has 4 heteroatoms. The van der Waals surface area contributed by atoms with Gasteiger partial charge in [0.25, 0.3) is 0 Å². The average Bonchev–Trinajstić information content (AvgIpc) is 2.29. The van der Waals surface area contributed by atoms with Crippen molar-refractivity contribution < 1.29 is 9.53 Å². The van der Waals surface area contributed by atoms with Crippen LogP contribution in [0.4, 0.5) is 0 Å². The predicted molar refractivity (Wildman–Crippen MR) is 63.2 cm³/mol. The zero-order chi connectivity index (χ0) is 12.3. The number of carbonyl (C=O) groups excluding carboxylic acids is 1. The summed E-state index contributed by atoms with van der Waals surface area (Å²) in [6, 6.07) is 3.90. The molecular weight excluding hydrogens is 204 g/mol. The highest BCUT2D eigenvalue weighted by atomic mass is 16.5. The summed E-state index contributed by atoms with van der Waals surface area (Å²) < 4.78 is 5.22. The highest BCUT2D eigenvalue weighted by Gasteiger charge is 2.17. The molecule has 0 bridgehead atoms. The molecule has 0 fully saturated rings. The molecule has 1 unspecified atom stereocenters. The molecule has 1 amide bonds. The molecule has 3 N–H and O–H groups in total. The fourth-order valence-corrected chi connectivity index (χ4v) is 1.76. The largest absolute Gasteiger partial charge is 0.496 e. The molecule has 0 spiro atoms. The summed E-state index contributed by atoms with van der Waals surface area (Å²) in [6.07, 6.45) is 0. The SMILES string of the molecule is COc1cc(C)c(C(C)C(=O)NN)cc1C. The molecule has 1 aromatic carbocycles. The quantitative estimate of drug-likeness (QED) is 0.461. The van der Waals surface area contributed by atoms with Crippen molar-refractivity contribution in [2.45, 2.75) is 26.7 Å². The molecule has 0 aliphatic rings. The average molecular weight is 222 g/mol. The van der Waals surface area contributed by atoms with Crippen molar-refractivity contribution >= 4 is 5.91 Å². The van der Waals surface area contributed by atoms with Crippen LogP contribution in [0.5, 0.6) is 5.75 Å². The first-order valence-electron chi connectivity index (χ1n) is 5.16. The minimum absolute atomic E-state index is 0.187. The number of benzene rings is 1. The summed E-state index contributed by atoms with van der Waals surface area (Å²) in [6.45, 7) is 5.74. The topological polar surface area (TPSA) is 64.3 Å². The van der Waals surface area contributed by atoms with Crippen molar-refractivity contribution in [3.05, 3.63) is 28.8 Å². The number of ether oxygens (including phenoxy) is 1. The summed E-state index contributed by atoms with van der Waals surface area (Å²) in [5, 5.41) is 0. The number of rotatable bonds is 3. The van der Waals surface area contributed by atoms with E-state index in [0.717, 1.165) is 22.4 Å². The van der Waals surface area contributed by atoms with Gasteiger partial charge in [0.1, 0.15) is 5.75 Å². The molecule has 1 rings (SSSR count). The Balaban J connectivity index is 3.15. The van der Waals surface area contributed by atoms with Crippen LogP contribution in [0.2, 0.25) is 0 Å². The Morgan fingerprint density at radius 2 is 2.00 bits per heavy atom. The molecule has 1 atom stereocenters. The van der Waals surface area contributed by atoms with Crippen LogP contribution in [0.25, 0.3) is 0 Å². The van der Waals surface area contributed by atoms with Gasteiger partial charge in [-0.25, -0.2) is 5.84 Å². The van der Waals surface area contributed by atoms with Gasteiger partial charge >= 0.3 is 0 Å². The van der Waals surface area contributed by atoms with E-state index < -0.39 is 0 Å². The second kappa shape index (κ2) is 4.99. The number of hydrazine groups is 1. The summed E-state index contributed by atoms with van der Waals surface area (Å²) in [5.41, 5.74) is 5.18. The Kier molecular flexibility index (Phi) is 3.90. The van der Waals surface area contributed by atoms with Crippen LogP contribution in [0.1, 0.15) is 29.5 Å². The van der Waals surface area contributed by atoms with Gasteiger partial charge in [-0.05, 0) is 43.5 Å². The molecule has 88 valence electrons. The van der Waals surface area contributed by atoms with Gasteiger partial charge in [0.15, 0.2) is 0 Å². The van der Waals surface area contributed by atoms with Gasteiger partial charge in [0, 0.05) is 0 Å². The lowest BCUT2D eigenvalue weighted by Crippen LogP contribution is -2.33. The molecule has 4 nitrogen and oxygen atoms in total. The summed E-state index contributed by atoms with van der Waals surface area (Å²) in [4.78, 5) is 11.5. The zero-order valence-corrected chi connectivity index (χ0v) is 10.1. The smallest absolute Gasteiger partial charge is 0.241 e. The van der Waals surface area contributed by atoms with Crippen molar-refractivity contribution in [2.24, 2.45) is 5.84 Å². The van der Waals surface area contributed by atoms with Crippen LogP contribution in [0, 0.1) is 13.8 Å². The fraction of sp³-hybridized carbons (Fsp3) is 0.417. The first-order valence-corrected chi connectivity index (χ1v) is 5.16. The molecule has 0 saturated heterocycles. The maximum Gasteiger partial charge on any atom is 0.241 e. The number of aryl methyl sites for hydroxylation is 2. The highest BCUT2D eigenvalue weighted by Crippen LogP contribution is 2.27. The number of nitrogens with two attached hydrogens (primary N) is 1. The van der Waals surface area contributed by atoms with E-state index in [2.05, 4.69) is 5.43 Å². The van der Waals surface area contributed by atoms with Crippen LogP contribution in [-0.4, -0.2) is 13.0 Å². The zero-order valence-electron chi connectivity index (χ0n) is 10.1. The van der Waals surface area contributed by atoms with Gasteiger partial charge in [-0.1, -0.05) is 6.07 Å². The van der Waals surface area contributed by atoms with E-state index >= 15 is 0 Å². The van der Waals surface area contributed by atoms with Crippen LogP contribution in [0.15, 0.2) is 12.1 Å². The standard InChI is InChI=1S/C12H18N2O2/c1-7-6-11(16-4)8(2)5-10(7)9(3)12(15)14-13/h5-6,9H,13H2,1-4H3,(H,14,15). The summed E-state index contributed by atoms with van der Waals surface area (Å²) in [7, 11) is 1.64. The first-order chi connectivity index (χ1) is 7.51. The summed E-state index contributed by atoms with van der Waals surface area (Å²) >= 11 is 0. The molecule has 16 heavy (non-hydrogen) atoms. The van der Waals surface area contributed by atoms with Gasteiger partial charge in [-0.15, -0.1) is 0 Å². The molecule has 0 aromatic heterocycles. The van der Waals surface area contributed by atoms with E-state index in [4.69, 9.17) is 10.6 Å². The minimum atomic E-state index is -0.255. The van der Waals surface area contributed by atoms with Crippen molar-refractivity contribution in [2.75, 3.05) is 7.11 Å². The Morgan fingerprint density at radius 3 is 2.50 bits per heavy atom. The van der Waals surface area contributed by atoms with E-state index in [1.165, 1.54) is 0 Å². The maximum atomic E-state index is 11.5. The number of carbonyl (C=O) groups is 1. The Labute approximate surface area is 95.8 Å². The Bertz CT molecular complexity index is 402. The lowest BCUT2D eigenvalue weighted by Gasteiger charge is -2.15. The van der Waals surface area contributed by atoms with Crippen molar-refractivity contribution in [3.8, 4) is 5.75 Å². The lowest BCUT2D eigenvalue weighted by atomic mass is 9.93. The third-order valence-corrected chi connectivity index (χ3v) is 2.79. The third kappa shape index (κ3) is 2.33. The molecule has 1 aromatic rings. The van der Waals surface area contributed by atoms with Gasteiger partial charge in [0.05, 0.1) is 13.0 Å². The van der Waals surface area contributed by atoms with E-state index in [1.54, 1.807) is 7.11 Å². The predicted octanol–water partition coefficient (Wildman–Crippen LogP) is 1.41. The van der Waals surface area contributed by atoms with Crippen LogP contribution < -0.4 is 16.0 Å². The number of methoxy groups -OCH3 is 1. The van der Waals surface area contributed by atoms with Gasteiger partial charge < -0.3 is 4.74 Å². The third-order valence-electron chi connectivity index (χ3n) is 2.79. The molecular formula is C12H18N2O2. The van der Waals surface area contributed by atoms with E-state index in [1.807, 2.05) is 32.9 Å². The number of hydrogen-bond acceptors (Lipinski definition) is 3. The second-order valence-corrected chi connectivity index (χ2v) is 3.91.